The Hall–Kier alpha value is -4.99. The molecule has 250 valence electrons. The Morgan fingerprint density at radius 2 is 1.64 bits per heavy atom. The number of amides is 2. The maximum absolute atomic E-state index is 12.9. The molecule has 1 atom stereocenters. The second-order valence-electron chi connectivity index (χ2n) is 10.5. The quantitative estimate of drug-likeness (QED) is 0.135. The number of nitrogens with one attached hydrogen (secondary N) is 4. The summed E-state index contributed by atoms with van der Waals surface area (Å²) in [4.78, 5) is 60.5. The third kappa shape index (κ3) is 10.00. The van der Waals surface area contributed by atoms with Crippen LogP contribution in [-0.4, -0.2) is 71.0 Å². The van der Waals surface area contributed by atoms with Crippen molar-refractivity contribution in [3.8, 4) is 6.01 Å². The van der Waals surface area contributed by atoms with Crippen LogP contribution in [0.3, 0.4) is 0 Å². The minimum Gasteiger partial charge on any atom is -0.467 e. The van der Waals surface area contributed by atoms with Crippen molar-refractivity contribution in [2.75, 3.05) is 30.9 Å². The van der Waals surface area contributed by atoms with Crippen molar-refractivity contribution in [1.82, 2.24) is 25.6 Å². The molecule has 1 saturated carbocycles. The number of Topliss-reactive ketones (excluding diaryl/α,β-unsaturated/α-hetero) is 1. The number of aromatic nitrogens is 3. The van der Waals surface area contributed by atoms with E-state index in [1.54, 1.807) is 12.1 Å². The van der Waals surface area contributed by atoms with Gasteiger partial charge in [-0.1, -0.05) is 30.7 Å². The highest BCUT2D eigenvalue weighted by Crippen LogP contribution is 2.48. The Morgan fingerprint density at radius 3 is 2.23 bits per heavy atom. The Morgan fingerprint density at radius 1 is 0.979 bits per heavy atom. The lowest BCUT2D eigenvalue weighted by molar-refractivity contribution is -0.154. The van der Waals surface area contributed by atoms with Gasteiger partial charge >= 0.3 is 18.2 Å². The van der Waals surface area contributed by atoms with Gasteiger partial charge in [0.2, 0.25) is 17.7 Å². The largest absolute Gasteiger partial charge is 0.467 e. The van der Waals surface area contributed by atoms with Crippen LogP contribution in [0.2, 0.25) is 5.02 Å². The van der Waals surface area contributed by atoms with E-state index >= 15 is 0 Å². The fourth-order valence-corrected chi connectivity index (χ4v) is 4.46. The lowest BCUT2D eigenvalue weighted by Gasteiger charge is -2.19. The maximum atomic E-state index is 12.9. The number of ether oxygens (including phenoxy) is 2. The minimum absolute atomic E-state index is 0.0211. The number of halogens is 4. The first-order valence-electron chi connectivity index (χ1n) is 14.4. The van der Waals surface area contributed by atoms with Crippen molar-refractivity contribution in [3.05, 3.63) is 64.7 Å². The van der Waals surface area contributed by atoms with Crippen LogP contribution < -0.4 is 26.0 Å². The smallest absolute Gasteiger partial charge is 0.422 e. The van der Waals surface area contributed by atoms with E-state index in [9.17, 15) is 32.3 Å². The van der Waals surface area contributed by atoms with E-state index < -0.39 is 53.9 Å². The summed E-state index contributed by atoms with van der Waals surface area (Å²) in [5.74, 6) is -2.93. The second-order valence-corrected chi connectivity index (χ2v) is 10.9. The number of methoxy groups -OCH3 is 1. The minimum atomic E-state index is -4.62. The van der Waals surface area contributed by atoms with E-state index in [0.717, 1.165) is 25.5 Å². The summed E-state index contributed by atoms with van der Waals surface area (Å²) < 4.78 is 48.2. The van der Waals surface area contributed by atoms with Gasteiger partial charge in [-0.25, -0.2) is 4.79 Å². The van der Waals surface area contributed by atoms with Gasteiger partial charge < -0.3 is 30.7 Å². The molecule has 2 amide bonds. The molecule has 0 spiro atoms. The predicted octanol–water partition coefficient (Wildman–Crippen LogP) is 4.07. The van der Waals surface area contributed by atoms with Crippen molar-refractivity contribution < 1.29 is 41.8 Å². The van der Waals surface area contributed by atoms with E-state index in [1.165, 1.54) is 31.2 Å². The first-order chi connectivity index (χ1) is 22.3. The van der Waals surface area contributed by atoms with Crippen molar-refractivity contribution in [3.63, 3.8) is 0 Å². The average molecular weight is 678 g/mol. The number of carbonyl (C=O) groups excluding carboxylic acids is 4. The number of carbonyl (C=O) groups is 4. The molecular weight excluding hydrogens is 647 g/mol. The van der Waals surface area contributed by atoms with Crippen LogP contribution in [0.5, 0.6) is 6.01 Å². The average Bonchev–Trinajstić information content (AvgIpc) is 3.82. The van der Waals surface area contributed by atoms with Gasteiger partial charge in [0, 0.05) is 29.2 Å². The lowest BCUT2D eigenvalue weighted by atomic mass is 10.1. The molecule has 3 aromatic rings. The van der Waals surface area contributed by atoms with E-state index in [-0.39, 0.29) is 36.8 Å². The molecule has 0 saturated heterocycles. The van der Waals surface area contributed by atoms with Crippen LogP contribution >= 0.6 is 11.6 Å². The predicted molar refractivity (Wildman–Crippen MR) is 163 cm³/mol. The molecule has 13 nitrogen and oxygen atoms in total. The molecule has 0 radical (unpaired) electrons. The van der Waals surface area contributed by atoms with Gasteiger partial charge in [0.15, 0.2) is 6.61 Å². The van der Waals surface area contributed by atoms with Crippen molar-refractivity contribution >= 4 is 52.8 Å². The van der Waals surface area contributed by atoms with Gasteiger partial charge in [-0.05, 0) is 61.2 Å². The summed E-state index contributed by atoms with van der Waals surface area (Å²) in [7, 11) is 1.14. The number of nitrogens with zero attached hydrogens (tertiary/aromatic N) is 3. The highest BCUT2D eigenvalue weighted by molar-refractivity contribution is 6.36. The molecule has 2 aromatic carbocycles. The van der Waals surface area contributed by atoms with Crippen molar-refractivity contribution in [2.24, 2.45) is 0 Å². The molecule has 1 aliphatic carbocycles. The summed E-state index contributed by atoms with van der Waals surface area (Å²) in [6.07, 6.45) is -3.20. The monoisotopic (exact) mass is 677 g/mol. The summed E-state index contributed by atoms with van der Waals surface area (Å²) >= 11 is 6.01. The van der Waals surface area contributed by atoms with Crippen LogP contribution in [0.4, 0.5) is 30.8 Å². The Labute approximate surface area is 272 Å². The van der Waals surface area contributed by atoms with E-state index in [1.807, 2.05) is 12.1 Å². The number of benzene rings is 2. The molecule has 0 bridgehead atoms. The topological polar surface area (TPSA) is 174 Å². The van der Waals surface area contributed by atoms with Gasteiger partial charge in [0.1, 0.15) is 6.04 Å². The molecule has 1 aromatic heterocycles. The summed E-state index contributed by atoms with van der Waals surface area (Å²) in [6.45, 7) is -0.139. The number of ketones is 1. The van der Waals surface area contributed by atoms with Crippen molar-refractivity contribution in [1.29, 1.82) is 0 Å². The molecule has 4 rings (SSSR count). The Bertz CT molecular complexity index is 1600. The normalized spacial score (nSPS) is 13.9. The Kier molecular flexibility index (Phi) is 11.2. The third-order valence-electron chi connectivity index (χ3n) is 6.96. The number of esters is 1. The molecule has 0 aliphatic heterocycles. The van der Waals surface area contributed by atoms with Crippen LogP contribution in [0.25, 0.3) is 0 Å². The zero-order chi connectivity index (χ0) is 34.2. The number of hydrogen-bond donors (Lipinski definition) is 4. The van der Waals surface area contributed by atoms with Crippen LogP contribution in [0.15, 0.2) is 48.5 Å². The molecule has 0 unspecified atom stereocenters. The van der Waals surface area contributed by atoms with Gasteiger partial charge in [-0.15, -0.1) is 0 Å². The Balaban J connectivity index is 1.46. The van der Waals surface area contributed by atoms with Crippen LogP contribution in [0.1, 0.15) is 48.5 Å². The molecule has 1 heterocycles. The van der Waals surface area contributed by atoms with E-state index in [2.05, 4.69) is 36.2 Å². The third-order valence-corrected chi connectivity index (χ3v) is 7.22. The molecule has 1 aliphatic rings. The van der Waals surface area contributed by atoms with Gasteiger partial charge in [0.25, 0.3) is 11.8 Å². The highest BCUT2D eigenvalue weighted by Gasteiger charge is 2.45. The fraction of sp³-hybridized carbons (Fsp3) is 0.367. The van der Waals surface area contributed by atoms with Crippen LogP contribution in [0, 0.1) is 0 Å². The standard InChI is InChI=1S/C30H31ClF3N7O6/c1-3-22(42)24(44)35-15-12-21(25(45)46-2)37-23(43)17-4-10-20(11-5-17)36-26-38-27(40-28(39-26)47-16-30(32,33)34)41-29(13-14-29)18-6-8-19(31)9-7-18/h4-11,21H,3,12-16H2,1-2H3,(H,35,44)(H,37,43)(H2,36,38,39,40,41)/t21-/m0/s1. The van der Waals surface area contributed by atoms with E-state index in [0.29, 0.717) is 10.7 Å². The van der Waals surface area contributed by atoms with Gasteiger partial charge in [-0.3, -0.25) is 14.4 Å². The zero-order valence-corrected chi connectivity index (χ0v) is 26.0. The highest BCUT2D eigenvalue weighted by atomic mass is 35.5. The van der Waals surface area contributed by atoms with Gasteiger partial charge in [-0.2, -0.15) is 28.1 Å². The lowest BCUT2D eigenvalue weighted by Crippen LogP contribution is -2.44. The van der Waals surface area contributed by atoms with Crippen molar-refractivity contribution in [2.45, 2.75) is 50.4 Å². The molecule has 1 fully saturated rings. The fourth-order valence-electron chi connectivity index (χ4n) is 4.33. The SMILES string of the molecule is CCC(=O)C(=O)NCC[C@H](NC(=O)c1ccc(Nc2nc(NC3(c4ccc(Cl)cc4)CC3)nc(OCC(F)(F)F)n2)cc1)C(=O)OC. The van der Waals surface area contributed by atoms with Crippen LogP contribution in [-0.2, 0) is 24.7 Å². The second kappa shape index (κ2) is 15.1. The van der Waals surface area contributed by atoms with E-state index in [4.69, 9.17) is 21.1 Å². The summed E-state index contributed by atoms with van der Waals surface area (Å²) in [6, 6.07) is 11.3. The summed E-state index contributed by atoms with van der Waals surface area (Å²) in [5, 5.41) is 11.5. The summed E-state index contributed by atoms with van der Waals surface area (Å²) in [5.41, 5.74) is 0.877. The molecule has 47 heavy (non-hydrogen) atoms. The number of alkyl halides is 3. The zero-order valence-electron chi connectivity index (χ0n) is 25.2. The van der Waals surface area contributed by atoms with Gasteiger partial charge in [0.05, 0.1) is 12.6 Å². The molecule has 4 N–H and O–H groups in total. The number of rotatable bonds is 15. The molecule has 17 heteroatoms. The first kappa shape index (κ1) is 34.9. The number of anilines is 3. The molecular formula is C30H31ClF3N7O6. The number of hydrogen-bond acceptors (Lipinski definition) is 11. The maximum Gasteiger partial charge on any atom is 0.422 e. The first-order valence-corrected chi connectivity index (χ1v) is 14.8.